The molecule has 0 aliphatic carbocycles. The lowest BCUT2D eigenvalue weighted by atomic mass is 10.2. The molecule has 98 valence electrons. The molecule has 4 nitrogen and oxygen atoms in total. The third-order valence-electron chi connectivity index (χ3n) is 2.54. The first-order chi connectivity index (χ1) is 9.22. The van der Waals surface area contributed by atoms with Crippen LogP contribution in [-0.4, -0.2) is 21.2 Å². The maximum atomic E-state index is 10.9. The number of amides is 1. The summed E-state index contributed by atoms with van der Waals surface area (Å²) in [7, 11) is 0. The number of carbonyl (C=O) groups is 1. The van der Waals surface area contributed by atoms with Gasteiger partial charge in [0.1, 0.15) is 0 Å². The molecule has 0 unspecified atom stereocenters. The van der Waals surface area contributed by atoms with Gasteiger partial charge >= 0.3 is 0 Å². The van der Waals surface area contributed by atoms with Crippen molar-refractivity contribution in [2.75, 3.05) is 5.75 Å². The van der Waals surface area contributed by atoms with Gasteiger partial charge in [0.05, 0.1) is 17.6 Å². The van der Waals surface area contributed by atoms with E-state index in [9.17, 15) is 4.79 Å². The summed E-state index contributed by atoms with van der Waals surface area (Å²) >= 11 is 1.34. The molecule has 1 amide bonds. The van der Waals surface area contributed by atoms with Crippen LogP contribution in [0.15, 0.2) is 54.3 Å². The predicted molar refractivity (Wildman–Crippen MR) is 77.8 cm³/mol. The van der Waals surface area contributed by atoms with E-state index in [1.807, 2.05) is 47.2 Å². The number of nitrogens with two attached hydrogens (primary N) is 1. The summed E-state index contributed by atoms with van der Waals surface area (Å²) in [6.45, 7) is 4.40. The molecular formula is C14H15N3OS. The highest BCUT2D eigenvalue weighted by Crippen LogP contribution is 2.25. The van der Waals surface area contributed by atoms with E-state index >= 15 is 0 Å². The van der Waals surface area contributed by atoms with Crippen LogP contribution in [0, 0.1) is 0 Å². The Morgan fingerprint density at radius 1 is 1.42 bits per heavy atom. The fourth-order valence-corrected chi connectivity index (χ4v) is 2.48. The van der Waals surface area contributed by atoms with Crippen LogP contribution in [0.1, 0.15) is 0 Å². The molecule has 0 spiro atoms. The summed E-state index contributed by atoms with van der Waals surface area (Å²) in [4.78, 5) is 15.2. The summed E-state index contributed by atoms with van der Waals surface area (Å²) in [5.41, 5.74) is 7.26. The normalized spacial score (nSPS) is 10.3. The highest BCUT2D eigenvalue weighted by molar-refractivity contribution is 7.99. The van der Waals surface area contributed by atoms with Gasteiger partial charge in [0.25, 0.3) is 0 Å². The lowest BCUT2D eigenvalue weighted by Gasteiger charge is -2.08. The van der Waals surface area contributed by atoms with Crippen molar-refractivity contribution in [2.45, 2.75) is 11.7 Å². The smallest absolute Gasteiger partial charge is 0.227 e. The fraction of sp³-hybridized carbons (Fsp3) is 0.143. The van der Waals surface area contributed by atoms with Crippen molar-refractivity contribution in [2.24, 2.45) is 5.73 Å². The minimum atomic E-state index is -0.348. The topological polar surface area (TPSA) is 60.9 Å². The number of rotatable bonds is 6. The molecule has 19 heavy (non-hydrogen) atoms. The van der Waals surface area contributed by atoms with E-state index in [4.69, 9.17) is 5.73 Å². The molecule has 0 bridgehead atoms. The van der Waals surface area contributed by atoms with Gasteiger partial charge in [0, 0.05) is 6.54 Å². The molecule has 0 aliphatic heterocycles. The molecule has 2 aromatic rings. The molecule has 0 aliphatic rings. The van der Waals surface area contributed by atoms with Crippen LogP contribution in [0.25, 0.3) is 11.3 Å². The molecule has 1 aromatic heterocycles. The Labute approximate surface area is 116 Å². The first-order valence-corrected chi connectivity index (χ1v) is 6.84. The van der Waals surface area contributed by atoms with Gasteiger partial charge in [0.2, 0.25) is 5.91 Å². The number of carbonyl (C=O) groups excluding carboxylic acids is 1. The maximum absolute atomic E-state index is 10.9. The van der Waals surface area contributed by atoms with Crippen LogP contribution in [0.2, 0.25) is 0 Å². The van der Waals surface area contributed by atoms with Gasteiger partial charge < -0.3 is 10.3 Å². The van der Waals surface area contributed by atoms with Gasteiger partial charge in [-0.25, -0.2) is 4.98 Å². The van der Waals surface area contributed by atoms with Crippen LogP contribution in [0.3, 0.4) is 0 Å². The Morgan fingerprint density at radius 3 is 2.79 bits per heavy atom. The molecule has 0 saturated heterocycles. The van der Waals surface area contributed by atoms with Crippen LogP contribution in [0.5, 0.6) is 0 Å². The predicted octanol–water partition coefficient (Wildman–Crippen LogP) is 2.31. The molecule has 0 saturated carbocycles. The average Bonchev–Trinajstić information content (AvgIpc) is 2.81. The minimum absolute atomic E-state index is 0.225. The van der Waals surface area contributed by atoms with E-state index in [2.05, 4.69) is 11.6 Å². The van der Waals surface area contributed by atoms with Crippen molar-refractivity contribution >= 4 is 17.7 Å². The van der Waals surface area contributed by atoms with Crippen LogP contribution < -0.4 is 5.73 Å². The fourth-order valence-electron chi connectivity index (χ4n) is 1.75. The number of imidazole rings is 1. The largest absolute Gasteiger partial charge is 0.369 e. The molecule has 5 heteroatoms. The highest BCUT2D eigenvalue weighted by Gasteiger charge is 2.11. The van der Waals surface area contributed by atoms with E-state index in [0.717, 1.165) is 16.4 Å². The number of allylic oxidation sites excluding steroid dienone is 1. The van der Waals surface area contributed by atoms with Gasteiger partial charge in [-0.2, -0.15) is 0 Å². The molecular weight excluding hydrogens is 258 g/mol. The van der Waals surface area contributed by atoms with Gasteiger partial charge in [-0.1, -0.05) is 48.2 Å². The third-order valence-corrected chi connectivity index (χ3v) is 3.56. The number of hydrogen-bond donors (Lipinski definition) is 1. The monoisotopic (exact) mass is 273 g/mol. The van der Waals surface area contributed by atoms with E-state index in [0.29, 0.717) is 6.54 Å². The van der Waals surface area contributed by atoms with Crippen molar-refractivity contribution in [3.63, 3.8) is 0 Å². The first-order valence-electron chi connectivity index (χ1n) is 5.85. The Hall–Kier alpha value is -2.01. The van der Waals surface area contributed by atoms with Crippen molar-refractivity contribution in [3.8, 4) is 11.3 Å². The molecule has 0 radical (unpaired) electrons. The number of hydrogen-bond acceptors (Lipinski definition) is 3. The standard InChI is InChI=1S/C14H15N3OS/c1-2-8-17-12(11-6-4-3-5-7-11)9-16-14(17)19-10-13(15)18/h2-7,9H,1,8,10H2,(H2,15,18). The lowest BCUT2D eigenvalue weighted by molar-refractivity contribution is -0.115. The van der Waals surface area contributed by atoms with Crippen LogP contribution >= 0.6 is 11.8 Å². The number of aromatic nitrogens is 2. The quantitative estimate of drug-likeness (QED) is 0.649. The number of benzene rings is 1. The van der Waals surface area contributed by atoms with Gasteiger partial charge in [0.15, 0.2) is 5.16 Å². The Kier molecular flexibility index (Phi) is 4.41. The molecule has 2 rings (SSSR count). The van der Waals surface area contributed by atoms with Crippen molar-refractivity contribution in [3.05, 3.63) is 49.2 Å². The zero-order valence-corrected chi connectivity index (χ0v) is 11.3. The Bertz CT molecular complexity index is 578. The summed E-state index contributed by atoms with van der Waals surface area (Å²) in [6.07, 6.45) is 3.62. The van der Waals surface area contributed by atoms with Gasteiger partial charge in [-0.15, -0.1) is 6.58 Å². The number of nitrogens with zero attached hydrogens (tertiary/aromatic N) is 2. The third kappa shape index (κ3) is 3.26. The maximum Gasteiger partial charge on any atom is 0.227 e. The summed E-state index contributed by atoms with van der Waals surface area (Å²) in [6, 6.07) is 9.99. The minimum Gasteiger partial charge on any atom is -0.369 e. The number of thioether (sulfide) groups is 1. The summed E-state index contributed by atoms with van der Waals surface area (Å²) < 4.78 is 2.02. The summed E-state index contributed by atoms with van der Waals surface area (Å²) in [5, 5.41) is 0.776. The number of primary amides is 1. The molecule has 0 atom stereocenters. The SMILES string of the molecule is C=CCn1c(-c2ccccc2)cnc1SCC(N)=O. The zero-order chi connectivity index (χ0) is 13.7. The lowest BCUT2D eigenvalue weighted by Crippen LogP contribution is -2.13. The van der Waals surface area contributed by atoms with Gasteiger partial charge in [-0.3, -0.25) is 4.79 Å². The van der Waals surface area contributed by atoms with Crippen LogP contribution in [-0.2, 0) is 11.3 Å². The van der Waals surface area contributed by atoms with Crippen LogP contribution in [0.4, 0.5) is 0 Å². The van der Waals surface area contributed by atoms with Crippen molar-refractivity contribution < 1.29 is 4.79 Å². The Balaban J connectivity index is 2.34. The summed E-state index contributed by atoms with van der Waals surface area (Å²) in [5.74, 6) is -0.123. The average molecular weight is 273 g/mol. The molecule has 2 N–H and O–H groups in total. The van der Waals surface area contributed by atoms with Gasteiger partial charge in [-0.05, 0) is 5.56 Å². The van der Waals surface area contributed by atoms with E-state index in [1.54, 1.807) is 0 Å². The van der Waals surface area contributed by atoms with E-state index in [1.165, 1.54) is 11.8 Å². The second-order valence-corrected chi connectivity index (χ2v) is 4.89. The molecule has 1 aromatic carbocycles. The first kappa shape index (κ1) is 13.4. The second kappa shape index (κ2) is 6.24. The zero-order valence-electron chi connectivity index (χ0n) is 10.5. The van der Waals surface area contributed by atoms with E-state index in [-0.39, 0.29) is 11.7 Å². The molecule has 0 fully saturated rings. The highest BCUT2D eigenvalue weighted by atomic mass is 32.2. The van der Waals surface area contributed by atoms with Crippen molar-refractivity contribution in [1.82, 2.24) is 9.55 Å². The van der Waals surface area contributed by atoms with Crippen molar-refractivity contribution in [1.29, 1.82) is 0 Å². The van der Waals surface area contributed by atoms with E-state index < -0.39 is 0 Å². The second-order valence-electron chi connectivity index (χ2n) is 3.95. The molecule has 1 heterocycles. The Morgan fingerprint density at radius 2 is 2.16 bits per heavy atom.